The van der Waals surface area contributed by atoms with Crippen molar-refractivity contribution in [1.82, 2.24) is 10.6 Å². The maximum Gasteiger partial charge on any atom is 0.328 e. The van der Waals surface area contributed by atoms with E-state index in [9.17, 15) is 19.2 Å². The number of aliphatic hydroxyl groups excluding tert-OH is 1. The van der Waals surface area contributed by atoms with E-state index in [1.807, 2.05) is 0 Å². The first-order valence-corrected chi connectivity index (χ1v) is 23.1. The van der Waals surface area contributed by atoms with Crippen LogP contribution in [0.25, 0.3) is 0 Å². The molecule has 0 spiro atoms. The molecule has 0 saturated heterocycles. The molecule has 55 heavy (non-hydrogen) atoms. The normalized spacial score (nSPS) is 12.5. The van der Waals surface area contributed by atoms with E-state index >= 15 is 0 Å². The molecule has 0 aliphatic heterocycles. The Labute approximate surface area is 337 Å². The average molecular weight is 779 g/mol. The molecule has 0 aromatic rings. The molecule has 2 atom stereocenters. The second kappa shape index (κ2) is 41.2. The first-order chi connectivity index (χ1) is 26.8. The number of carboxylic acid groups (broad SMARTS) is 1. The number of aliphatic carboxylic acids is 1. The highest BCUT2D eigenvalue weighted by Gasteiger charge is 2.18. The van der Waals surface area contributed by atoms with E-state index in [0.29, 0.717) is 19.3 Å². The Morgan fingerprint density at radius 3 is 1.42 bits per heavy atom. The standard InChI is InChI=1S/C46H86N2O7/c1-3-5-7-9-11-13-14-15-16-17-18-19-20-22-24-30-34-38-45(52)55-41(35-31-27-23-21-12-10-8-6-4-2)36-32-28-25-26-29-33-37-43(50)47-39-44(51)48-42(40-49)46(53)54/h31,35,41-42,49H,3-30,32-34,36-40H2,1-2H3,(H,47,50)(H,48,51)(H,53,54)/b35-31-. The Kier molecular flexibility index (Phi) is 39.4. The second-order valence-electron chi connectivity index (χ2n) is 15.9. The van der Waals surface area contributed by atoms with Gasteiger partial charge in [0.25, 0.3) is 0 Å². The number of rotatable bonds is 42. The van der Waals surface area contributed by atoms with Crippen LogP contribution in [-0.4, -0.2) is 59.3 Å². The first kappa shape index (κ1) is 52.6. The summed E-state index contributed by atoms with van der Waals surface area (Å²) in [6, 6.07) is -1.38. The Balaban J connectivity index is 4.19. The van der Waals surface area contributed by atoms with Gasteiger partial charge in [-0.25, -0.2) is 4.79 Å². The number of unbranched alkanes of at least 4 members (excludes halogenated alkanes) is 28. The molecule has 9 heteroatoms. The van der Waals surface area contributed by atoms with Crippen LogP contribution in [0.15, 0.2) is 12.2 Å². The van der Waals surface area contributed by atoms with E-state index in [2.05, 4.69) is 36.6 Å². The van der Waals surface area contributed by atoms with Crippen LogP contribution in [0.2, 0.25) is 0 Å². The van der Waals surface area contributed by atoms with Crippen molar-refractivity contribution in [2.75, 3.05) is 13.2 Å². The van der Waals surface area contributed by atoms with E-state index in [1.54, 1.807) is 0 Å². The lowest BCUT2D eigenvalue weighted by molar-refractivity contribution is -0.147. The van der Waals surface area contributed by atoms with Crippen LogP contribution in [0.4, 0.5) is 0 Å². The summed E-state index contributed by atoms with van der Waals surface area (Å²) in [5.74, 6) is -2.31. The average Bonchev–Trinajstić information content (AvgIpc) is 3.17. The van der Waals surface area contributed by atoms with Crippen molar-refractivity contribution in [3.05, 3.63) is 12.2 Å². The predicted octanol–water partition coefficient (Wildman–Crippen LogP) is 11.4. The van der Waals surface area contributed by atoms with Crippen LogP contribution in [0.1, 0.15) is 232 Å². The molecule has 0 saturated carbocycles. The topological polar surface area (TPSA) is 142 Å². The molecular weight excluding hydrogens is 693 g/mol. The van der Waals surface area contributed by atoms with E-state index in [4.69, 9.17) is 14.9 Å². The third kappa shape index (κ3) is 38.2. The fourth-order valence-electron chi connectivity index (χ4n) is 6.92. The zero-order chi connectivity index (χ0) is 40.5. The number of carbonyl (C=O) groups is 4. The summed E-state index contributed by atoms with van der Waals surface area (Å²) in [5.41, 5.74) is 0. The Morgan fingerprint density at radius 1 is 0.545 bits per heavy atom. The zero-order valence-corrected chi connectivity index (χ0v) is 35.7. The fourth-order valence-corrected chi connectivity index (χ4v) is 6.92. The van der Waals surface area contributed by atoms with Crippen molar-refractivity contribution >= 4 is 23.8 Å². The molecule has 9 nitrogen and oxygen atoms in total. The van der Waals surface area contributed by atoms with Gasteiger partial charge in [0.05, 0.1) is 13.2 Å². The van der Waals surface area contributed by atoms with Crippen molar-refractivity contribution in [1.29, 1.82) is 0 Å². The van der Waals surface area contributed by atoms with Crippen molar-refractivity contribution in [3.63, 3.8) is 0 Å². The molecule has 0 aromatic carbocycles. The fraction of sp³-hybridized carbons (Fsp3) is 0.870. The van der Waals surface area contributed by atoms with Crippen LogP contribution in [0, 0.1) is 0 Å². The summed E-state index contributed by atoms with van der Waals surface area (Å²) in [6.07, 6.45) is 44.1. The molecule has 0 rings (SSSR count). The van der Waals surface area contributed by atoms with E-state index in [0.717, 1.165) is 57.8 Å². The zero-order valence-electron chi connectivity index (χ0n) is 35.7. The molecule has 0 aliphatic rings. The summed E-state index contributed by atoms with van der Waals surface area (Å²) in [5, 5.41) is 22.5. The SMILES string of the molecule is CCCCCCCCC/C=C\C(CCCCCCCCC(=O)NCC(=O)NC(CO)C(=O)O)OC(=O)CCCCCCCCCCCCCCCCCCC. The molecular formula is C46H86N2O7. The van der Waals surface area contributed by atoms with Crippen molar-refractivity contribution in [2.24, 2.45) is 0 Å². The van der Waals surface area contributed by atoms with Gasteiger partial charge in [-0.2, -0.15) is 0 Å². The summed E-state index contributed by atoms with van der Waals surface area (Å²) in [6.45, 7) is 3.50. The van der Waals surface area contributed by atoms with Crippen LogP contribution in [-0.2, 0) is 23.9 Å². The quantitative estimate of drug-likeness (QED) is 0.0274. The largest absolute Gasteiger partial charge is 0.480 e. The molecule has 0 radical (unpaired) electrons. The van der Waals surface area contributed by atoms with Crippen molar-refractivity contribution in [3.8, 4) is 0 Å². The smallest absolute Gasteiger partial charge is 0.328 e. The lowest BCUT2D eigenvalue weighted by Crippen LogP contribution is -2.47. The van der Waals surface area contributed by atoms with Gasteiger partial charge in [-0.05, 0) is 44.6 Å². The van der Waals surface area contributed by atoms with Crippen LogP contribution >= 0.6 is 0 Å². The van der Waals surface area contributed by atoms with Crippen LogP contribution in [0.5, 0.6) is 0 Å². The Morgan fingerprint density at radius 2 is 0.964 bits per heavy atom. The Hall–Kier alpha value is -2.42. The number of aliphatic hydroxyl groups is 1. The minimum Gasteiger partial charge on any atom is -0.480 e. The third-order valence-electron chi connectivity index (χ3n) is 10.5. The highest BCUT2D eigenvalue weighted by atomic mass is 16.5. The lowest BCUT2D eigenvalue weighted by atomic mass is 10.0. The van der Waals surface area contributed by atoms with Gasteiger partial charge in [-0.1, -0.05) is 187 Å². The predicted molar refractivity (Wildman–Crippen MR) is 227 cm³/mol. The summed E-state index contributed by atoms with van der Waals surface area (Å²) in [4.78, 5) is 47.5. The lowest BCUT2D eigenvalue weighted by Gasteiger charge is -2.15. The highest BCUT2D eigenvalue weighted by molar-refractivity contribution is 5.87. The summed E-state index contributed by atoms with van der Waals surface area (Å²) < 4.78 is 5.96. The summed E-state index contributed by atoms with van der Waals surface area (Å²) >= 11 is 0. The number of carbonyl (C=O) groups excluding carboxylic acids is 3. The molecule has 0 aromatic heterocycles. The maximum atomic E-state index is 12.8. The monoisotopic (exact) mass is 779 g/mol. The van der Waals surface area contributed by atoms with Gasteiger partial charge in [0.15, 0.2) is 0 Å². The maximum absolute atomic E-state index is 12.8. The molecule has 2 amide bonds. The van der Waals surface area contributed by atoms with Crippen molar-refractivity contribution < 1.29 is 34.1 Å². The number of ether oxygens (including phenoxy) is 1. The Bertz CT molecular complexity index is 941. The van der Waals surface area contributed by atoms with Gasteiger partial charge in [0.1, 0.15) is 12.1 Å². The van der Waals surface area contributed by atoms with Crippen LogP contribution < -0.4 is 10.6 Å². The summed E-state index contributed by atoms with van der Waals surface area (Å²) in [7, 11) is 0. The number of esters is 1. The minimum absolute atomic E-state index is 0.0719. The van der Waals surface area contributed by atoms with E-state index in [1.165, 1.54) is 141 Å². The van der Waals surface area contributed by atoms with Gasteiger partial charge in [-0.15, -0.1) is 0 Å². The number of amides is 2. The number of nitrogens with one attached hydrogen (secondary N) is 2. The van der Waals surface area contributed by atoms with Gasteiger partial charge >= 0.3 is 11.9 Å². The molecule has 4 N–H and O–H groups in total. The van der Waals surface area contributed by atoms with Crippen molar-refractivity contribution in [2.45, 2.75) is 244 Å². The molecule has 0 heterocycles. The number of hydrogen-bond acceptors (Lipinski definition) is 6. The van der Waals surface area contributed by atoms with Crippen LogP contribution in [0.3, 0.4) is 0 Å². The molecule has 0 aliphatic carbocycles. The third-order valence-corrected chi connectivity index (χ3v) is 10.5. The number of hydrogen-bond donors (Lipinski definition) is 4. The van der Waals surface area contributed by atoms with Gasteiger partial charge < -0.3 is 25.6 Å². The van der Waals surface area contributed by atoms with Gasteiger partial charge in [-0.3, -0.25) is 14.4 Å². The second-order valence-corrected chi connectivity index (χ2v) is 15.9. The minimum atomic E-state index is -1.38. The number of allylic oxidation sites excluding steroid dienone is 1. The molecule has 0 bridgehead atoms. The van der Waals surface area contributed by atoms with Gasteiger partial charge in [0, 0.05) is 12.8 Å². The number of carboxylic acids is 1. The van der Waals surface area contributed by atoms with E-state index < -0.39 is 24.5 Å². The molecule has 2 unspecified atom stereocenters. The molecule has 0 fully saturated rings. The molecule has 322 valence electrons. The highest BCUT2D eigenvalue weighted by Crippen LogP contribution is 2.17. The van der Waals surface area contributed by atoms with E-state index in [-0.39, 0.29) is 24.5 Å². The van der Waals surface area contributed by atoms with Gasteiger partial charge in [0.2, 0.25) is 11.8 Å². The first-order valence-electron chi connectivity index (χ1n) is 23.1.